The topological polar surface area (TPSA) is 38.9 Å². The Bertz CT molecular complexity index is 1050. The molecule has 0 saturated carbocycles. The maximum absolute atomic E-state index is 6.55. The van der Waals surface area contributed by atoms with Crippen molar-refractivity contribution in [1.82, 2.24) is 4.57 Å². The Morgan fingerprint density at radius 2 is 1.70 bits per heavy atom. The highest BCUT2D eigenvalue weighted by Crippen LogP contribution is 2.37. The highest BCUT2D eigenvalue weighted by atomic mass is 35.5. The van der Waals surface area contributed by atoms with Crippen LogP contribution >= 0.6 is 23.2 Å². The van der Waals surface area contributed by atoms with E-state index in [-0.39, 0.29) is 0 Å². The van der Waals surface area contributed by atoms with Crippen molar-refractivity contribution >= 4 is 29.4 Å². The van der Waals surface area contributed by atoms with E-state index in [0.29, 0.717) is 15.8 Å². The van der Waals surface area contributed by atoms with Crippen molar-refractivity contribution in [3.05, 3.63) is 70.3 Å². The number of benzene rings is 2. The lowest BCUT2D eigenvalue weighted by Crippen LogP contribution is -2.17. The number of ether oxygens (including phenoxy) is 1. The molecule has 0 atom stereocenters. The number of hydrogen-bond donors (Lipinski definition) is 0. The van der Waals surface area contributed by atoms with Crippen LogP contribution in [0.3, 0.4) is 0 Å². The average molecular weight is 400 g/mol. The van der Waals surface area contributed by atoms with Gasteiger partial charge in [-0.2, -0.15) is 5.10 Å². The number of halogens is 2. The van der Waals surface area contributed by atoms with Gasteiger partial charge >= 0.3 is 0 Å². The van der Waals surface area contributed by atoms with E-state index in [9.17, 15) is 0 Å². The highest BCUT2D eigenvalue weighted by Gasteiger charge is 2.13. The fourth-order valence-electron chi connectivity index (χ4n) is 2.78. The quantitative estimate of drug-likeness (QED) is 0.416. The van der Waals surface area contributed by atoms with E-state index < -0.39 is 0 Å². The Morgan fingerprint density at radius 3 is 2.33 bits per heavy atom. The molecule has 3 rings (SSSR count). The Hall–Kier alpha value is -2.56. The van der Waals surface area contributed by atoms with E-state index in [4.69, 9.17) is 27.9 Å². The summed E-state index contributed by atoms with van der Waals surface area (Å²) in [6, 6.07) is 15.3. The van der Waals surface area contributed by atoms with Gasteiger partial charge in [0, 0.05) is 35.6 Å². The first-order valence-corrected chi connectivity index (χ1v) is 9.11. The van der Waals surface area contributed by atoms with Crippen LogP contribution in [-0.4, -0.2) is 17.9 Å². The lowest BCUT2D eigenvalue weighted by atomic mass is 9.96. The van der Waals surface area contributed by atoms with Crippen molar-refractivity contribution in [2.24, 2.45) is 17.3 Å². The van der Waals surface area contributed by atoms with Crippen molar-refractivity contribution in [2.45, 2.75) is 6.92 Å². The van der Waals surface area contributed by atoms with Gasteiger partial charge in [-0.25, -0.2) is 0 Å². The fraction of sp³-hybridized carbons (Fsp3) is 0.143. The molecule has 0 unspecified atom stereocenters. The summed E-state index contributed by atoms with van der Waals surface area (Å²) in [4.78, 5) is 0. The second kappa shape index (κ2) is 8.42. The van der Waals surface area contributed by atoms with Crippen molar-refractivity contribution in [3.63, 3.8) is 0 Å². The number of aryl methyl sites for hydroxylation is 1. The van der Waals surface area contributed by atoms with E-state index in [0.717, 1.165) is 27.7 Å². The van der Waals surface area contributed by atoms with Gasteiger partial charge in [0.1, 0.15) is 5.75 Å². The molecule has 0 aliphatic rings. The normalized spacial score (nSPS) is 12.0. The van der Waals surface area contributed by atoms with Crippen LogP contribution in [0.15, 0.2) is 64.9 Å². The summed E-state index contributed by atoms with van der Waals surface area (Å²) in [5, 5.41) is 9.57. The second-order valence-corrected chi connectivity index (χ2v) is 6.74. The van der Waals surface area contributed by atoms with Gasteiger partial charge in [0.2, 0.25) is 0 Å². The smallest absolute Gasteiger partial charge is 0.155 e. The van der Waals surface area contributed by atoms with Crippen LogP contribution in [0, 0.1) is 0 Å². The van der Waals surface area contributed by atoms with Crippen molar-refractivity contribution in [2.75, 3.05) is 7.11 Å². The van der Waals surface area contributed by atoms with Crippen LogP contribution in [0.4, 0.5) is 0 Å². The molecule has 0 spiro atoms. The molecule has 138 valence electrons. The van der Waals surface area contributed by atoms with Crippen LogP contribution in [0.25, 0.3) is 22.3 Å². The van der Waals surface area contributed by atoms with Crippen LogP contribution < -0.4 is 10.2 Å². The number of hydrogen-bond acceptors (Lipinski definition) is 3. The molecule has 6 heteroatoms. The standard InChI is InChI=1S/C21H19Cl2N3O/c1-4-24-25-21-12-18(14-5-7-15(22)8-6-14)19(13-26(21)2)17-10-9-16(27-3)11-20(17)23/h4-13H,1-3H3/b24-4+,25-21-. The first-order chi connectivity index (χ1) is 13.0. The third kappa shape index (κ3) is 4.24. The third-order valence-electron chi connectivity index (χ3n) is 4.15. The fourth-order valence-corrected chi connectivity index (χ4v) is 3.18. The monoisotopic (exact) mass is 399 g/mol. The van der Waals surface area contributed by atoms with Crippen LogP contribution in [-0.2, 0) is 7.05 Å². The van der Waals surface area contributed by atoms with Gasteiger partial charge in [0.05, 0.1) is 12.1 Å². The van der Waals surface area contributed by atoms with E-state index >= 15 is 0 Å². The largest absolute Gasteiger partial charge is 0.497 e. The van der Waals surface area contributed by atoms with Crippen molar-refractivity contribution in [1.29, 1.82) is 0 Å². The number of aromatic nitrogens is 1. The summed E-state index contributed by atoms with van der Waals surface area (Å²) in [6.45, 7) is 1.83. The second-order valence-electron chi connectivity index (χ2n) is 5.90. The number of methoxy groups -OCH3 is 1. The molecule has 0 fully saturated rings. The molecule has 0 bridgehead atoms. The van der Waals surface area contributed by atoms with E-state index in [1.54, 1.807) is 13.3 Å². The number of nitrogens with zero attached hydrogens (tertiary/aromatic N) is 3. The van der Waals surface area contributed by atoms with E-state index in [2.05, 4.69) is 10.2 Å². The zero-order valence-electron chi connectivity index (χ0n) is 15.3. The molecule has 0 amide bonds. The summed E-state index contributed by atoms with van der Waals surface area (Å²) >= 11 is 12.6. The lowest BCUT2D eigenvalue weighted by Gasteiger charge is -2.15. The zero-order valence-corrected chi connectivity index (χ0v) is 16.8. The molecule has 0 N–H and O–H groups in total. The highest BCUT2D eigenvalue weighted by molar-refractivity contribution is 6.33. The maximum Gasteiger partial charge on any atom is 0.155 e. The Kier molecular flexibility index (Phi) is 5.99. The molecule has 4 nitrogen and oxygen atoms in total. The third-order valence-corrected chi connectivity index (χ3v) is 4.71. The maximum atomic E-state index is 6.55. The van der Waals surface area contributed by atoms with Gasteiger partial charge < -0.3 is 9.30 Å². The minimum absolute atomic E-state index is 0.612. The minimum Gasteiger partial charge on any atom is -0.497 e. The van der Waals surface area contributed by atoms with Gasteiger partial charge in [-0.3, -0.25) is 0 Å². The lowest BCUT2D eigenvalue weighted by molar-refractivity contribution is 0.415. The first kappa shape index (κ1) is 19.2. The van der Waals surface area contributed by atoms with Gasteiger partial charge in [-0.05, 0) is 54.4 Å². The molecule has 0 aliphatic carbocycles. The molecule has 27 heavy (non-hydrogen) atoms. The molecule has 1 aromatic heterocycles. The Labute approximate surface area is 168 Å². The molecule has 1 heterocycles. The summed E-state index contributed by atoms with van der Waals surface area (Å²) in [5.74, 6) is 0.713. The predicted molar refractivity (Wildman–Crippen MR) is 113 cm³/mol. The van der Waals surface area contributed by atoms with Crippen molar-refractivity contribution < 1.29 is 4.74 Å². The van der Waals surface area contributed by atoms with Crippen LogP contribution in [0.2, 0.25) is 10.0 Å². The zero-order chi connectivity index (χ0) is 19.4. The predicted octanol–water partition coefficient (Wildman–Crippen LogP) is 5.58. The van der Waals surface area contributed by atoms with Crippen LogP contribution in [0.5, 0.6) is 5.75 Å². The molecule has 0 aliphatic heterocycles. The molecule has 2 aromatic carbocycles. The number of pyridine rings is 1. The SMILES string of the molecule is C/C=N/N=c1/cc(-c2ccc(Cl)cc2)c(-c2ccc(OC)cc2Cl)cn1C. The molecule has 3 aromatic rings. The Morgan fingerprint density at radius 1 is 0.963 bits per heavy atom. The van der Waals surface area contributed by atoms with Gasteiger partial charge in [-0.15, -0.1) is 5.10 Å². The van der Waals surface area contributed by atoms with E-state index in [1.165, 1.54) is 0 Å². The molecular weight excluding hydrogens is 381 g/mol. The Balaban J connectivity index is 2.29. The van der Waals surface area contributed by atoms with Gasteiger partial charge in [-0.1, -0.05) is 35.3 Å². The van der Waals surface area contributed by atoms with Crippen molar-refractivity contribution in [3.8, 4) is 28.0 Å². The van der Waals surface area contributed by atoms with E-state index in [1.807, 2.05) is 73.3 Å². The molecule has 0 saturated heterocycles. The summed E-state index contributed by atoms with van der Waals surface area (Å²) in [7, 11) is 3.55. The summed E-state index contributed by atoms with van der Waals surface area (Å²) in [6.07, 6.45) is 3.65. The van der Waals surface area contributed by atoms with Gasteiger partial charge in [0.25, 0.3) is 0 Å². The molecule has 0 radical (unpaired) electrons. The summed E-state index contributed by atoms with van der Waals surface area (Å²) in [5.41, 5.74) is 4.61. The van der Waals surface area contributed by atoms with Gasteiger partial charge in [0.15, 0.2) is 5.49 Å². The molecular formula is C21H19Cl2N3O. The van der Waals surface area contributed by atoms with Crippen LogP contribution in [0.1, 0.15) is 6.92 Å². The first-order valence-electron chi connectivity index (χ1n) is 8.35. The number of rotatable bonds is 4. The summed E-state index contributed by atoms with van der Waals surface area (Å²) < 4.78 is 7.18. The average Bonchev–Trinajstić information content (AvgIpc) is 2.67. The minimum atomic E-state index is 0.612.